The maximum Gasteiger partial charge on any atom is 0.315 e. The third kappa shape index (κ3) is 1.69. The molecule has 1 aromatic carbocycles. The van der Waals surface area contributed by atoms with E-state index >= 15 is 0 Å². The van der Waals surface area contributed by atoms with Crippen molar-refractivity contribution in [2.24, 2.45) is 0 Å². The van der Waals surface area contributed by atoms with Crippen LogP contribution < -0.4 is 0 Å². The van der Waals surface area contributed by atoms with E-state index in [2.05, 4.69) is 5.10 Å². The lowest BCUT2D eigenvalue weighted by Gasteiger charge is -2.05. The monoisotopic (exact) mass is 262 g/mol. The Balaban J connectivity index is 1.95. The Hall–Kier alpha value is -1.81. The first-order valence-electron chi connectivity index (χ1n) is 5.67. The summed E-state index contributed by atoms with van der Waals surface area (Å²) in [5, 5.41) is 14.2. The molecule has 1 saturated carbocycles. The van der Waals surface area contributed by atoms with E-state index in [0.29, 0.717) is 23.6 Å². The number of carboxylic acids is 1. The summed E-state index contributed by atoms with van der Waals surface area (Å²) < 4.78 is 1.68. The number of hydrogen-bond acceptors (Lipinski definition) is 2. The lowest BCUT2D eigenvalue weighted by Crippen LogP contribution is -2.20. The van der Waals surface area contributed by atoms with Gasteiger partial charge >= 0.3 is 5.97 Å². The highest BCUT2D eigenvalue weighted by atomic mass is 35.5. The molecule has 2 aromatic rings. The van der Waals surface area contributed by atoms with E-state index in [4.69, 9.17) is 11.6 Å². The molecule has 1 fully saturated rings. The van der Waals surface area contributed by atoms with Crippen LogP contribution in [0.5, 0.6) is 0 Å². The lowest BCUT2D eigenvalue weighted by atomic mass is 10.0. The van der Waals surface area contributed by atoms with Crippen molar-refractivity contribution < 1.29 is 9.90 Å². The van der Waals surface area contributed by atoms with Crippen LogP contribution in [0.2, 0.25) is 5.02 Å². The zero-order chi connectivity index (χ0) is 12.8. The fourth-order valence-electron chi connectivity index (χ4n) is 2.02. The first-order valence-corrected chi connectivity index (χ1v) is 6.05. The van der Waals surface area contributed by atoms with Crippen molar-refractivity contribution in [1.29, 1.82) is 0 Å². The minimum Gasteiger partial charge on any atom is -0.481 e. The van der Waals surface area contributed by atoms with Gasteiger partial charge in [0.25, 0.3) is 0 Å². The number of benzene rings is 1. The third-order valence-corrected chi connectivity index (χ3v) is 3.58. The highest BCUT2D eigenvalue weighted by Gasteiger charge is 2.53. The third-order valence-electron chi connectivity index (χ3n) is 3.33. The summed E-state index contributed by atoms with van der Waals surface area (Å²) in [5.41, 5.74) is 0.745. The Morgan fingerprint density at radius 3 is 2.50 bits per heavy atom. The molecule has 0 bridgehead atoms. The SMILES string of the molecule is O=C(O)C1(c2ccn(-c3ccc(Cl)cc3)n2)CC1. The van der Waals surface area contributed by atoms with Gasteiger partial charge < -0.3 is 5.11 Å². The molecule has 92 valence electrons. The van der Waals surface area contributed by atoms with Crippen LogP contribution in [0.3, 0.4) is 0 Å². The Morgan fingerprint density at radius 1 is 1.28 bits per heavy atom. The van der Waals surface area contributed by atoms with Crippen molar-refractivity contribution in [3.8, 4) is 5.69 Å². The highest BCUT2D eigenvalue weighted by Crippen LogP contribution is 2.47. The number of carboxylic acid groups (broad SMARTS) is 1. The largest absolute Gasteiger partial charge is 0.481 e. The van der Waals surface area contributed by atoms with Crippen molar-refractivity contribution in [2.75, 3.05) is 0 Å². The molecule has 0 saturated heterocycles. The summed E-state index contributed by atoms with van der Waals surface area (Å²) in [6.07, 6.45) is 3.11. The molecule has 0 spiro atoms. The van der Waals surface area contributed by atoms with E-state index < -0.39 is 11.4 Å². The maximum absolute atomic E-state index is 11.2. The van der Waals surface area contributed by atoms with Crippen molar-refractivity contribution in [1.82, 2.24) is 9.78 Å². The molecule has 0 unspecified atom stereocenters. The quantitative estimate of drug-likeness (QED) is 0.925. The molecule has 4 nitrogen and oxygen atoms in total. The number of carbonyl (C=O) groups is 1. The molecule has 3 rings (SSSR count). The Labute approximate surface area is 109 Å². The van der Waals surface area contributed by atoms with Crippen molar-refractivity contribution in [3.05, 3.63) is 47.2 Å². The average molecular weight is 263 g/mol. The van der Waals surface area contributed by atoms with Gasteiger partial charge in [0.2, 0.25) is 0 Å². The molecule has 1 heterocycles. The molecule has 1 aliphatic rings. The molecule has 1 aliphatic carbocycles. The van der Waals surface area contributed by atoms with Crippen molar-refractivity contribution >= 4 is 17.6 Å². The second-order valence-electron chi connectivity index (χ2n) is 4.51. The molecular formula is C13H11ClN2O2. The summed E-state index contributed by atoms with van der Waals surface area (Å²) in [7, 11) is 0. The predicted octanol–water partition coefficient (Wildman–Crippen LogP) is 2.64. The van der Waals surface area contributed by atoms with Gasteiger partial charge in [-0.05, 0) is 43.2 Å². The van der Waals surface area contributed by atoms with Gasteiger partial charge in [0.15, 0.2) is 0 Å². The van der Waals surface area contributed by atoms with E-state index in [1.54, 1.807) is 29.1 Å². The van der Waals surface area contributed by atoms with Crippen LogP contribution in [0.4, 0.5) is 0 Å². The standard InChI is InChI=1S/C13H11ClN2O2/c14-9-1-3-10(4-2-9)16-8-5-11(15-16)13(6-7-13)12(17)18/h1-5,8H,6-7H2,(H,17,18). The molecule has 18 heavy (non-hydrogen) atoms. The second kappa shape index (κ2) is 3.85. The first-order chi connectivity index (χ1) is 8.62. The van der Waals surface area contributed by atoms with Crippen LogP contribution in [-0.4, -0.2) is 20.9 Å². The van der Waals surface area contributed by atoms with Crippen LogP contribution in [0, 0.1) is 0 Å². The highest BCUT2D eigenvalue weighted by molar-refractivity contribution is 6.30. The topological polar surface area (TPSA) is 55.1 Å². The van der Waals surface area contributed by atoms with Crippen molar-refractivity contribution in [3.63, 3.8) is 0 Å². The van der Waals surface area contributed by atoms with Gasteiger partial charge in [-0.3, -0.25) is 4.79 Å². The van der Waals surface area contributed by atoms with Crippen molar-refractivity contribution in [2.45, 2.75) is 18.3 Å². The smallest absolute Gasteiger partial charge is 0.315 e. The fraction of sp³-hybridized carbons (Fsp3) is 0.231. The second-order valence-corrected chi connectivity index (χ2v) is 4.95. The Morgan fingerprint density at radius 2 is 1.94 bits per heavy atom. The minimum absolute atomic E-state index is 0.630. The van der Waals surface area contributed by atoms with E-state index in [-0.39, 0.29) is 0 Å². The van der Waals surface area contributed by atoms with E-state index in [1.165, 1.54) is 0 Å². The van der Waals surface area contributed by atoms with Crippen LogP contribution in [0.15, 0.2) is 36.5 Å². The van der Waals surface area contributed by atoms with Gasteiger partial charge in [-0.25, -0.2) is 4.68 Å². The van der Waals surface area contributed by atoms with E-state index in [0.717, 1.165) is 5.69 Å². The Bertz CT molecular complexity index is 600. The molecule has 0 amide bonds. The summed E-state index contributed by atoms with van der Waals surface area (Å²) in [6.45, 7) is 0. The first kappa shape index (κ1) is 11.3. The number of aliphatic carboxylic acids is 1. The molecule has 5 heteroatoms. The van der Waals surface area contributed by atoms with Crippen LogP contribution in [0.25, 0.3) is 5.69 Å². The number of nitrogens with zero attached hydrogens (tertiary/aromatic N) is 2. The summed E-state index contributed by atoms with van der Waals surface area (Å²) in [6, 6.07) is 9.03. The van der Waals surface area contributed by atoms with Gasteiger partial charge in [-0.15, -0.1) is 0 Å². The summed E-state index contributed by atoms with van der Waals surface area (Å²) in [4.78, 5) is 11.2. The zero-order valence-corrected chi connectivity index (χ0v) is 10.3. The average Bonchev–Trinajstić information content (AvgIpc) is 3.03. The van der Waals surface area contributed by atoms with Gasteiger partial charge in [-0.2, -0.15) is 5.10 Å². The maximum atomic E-state index is 11.2. The van der Waals surface area contributed by atoms with Crippen LogP contribution in [0.1, 0.15) is 18.5 Å². The molecule has 0 aliphatic heterocycles. The van der Waals surface area contributed by atoms with Gasteiger partial charge in [0, 0.05) is 11.2 Å². The zero-order valence-electron chi connectivity index (χ0n) is 9.51. The fourth-order valence-corrected chi connectivity index (χ4v) is 2.15. The summed E-state index contributed by atoms with van der Waals surface area (Å²) in [5.74, 6) is -0.788. The molecule has 0 radical (unpaired) electrons. The molecular weight excluding hydrogens is 252 g/mol. The molecule has 0 atom stereocenters. The van der Waals surface area contributed by atoms with Crippen LogP contribution in [-0.2, 0) is 10.2 Å². The predicted molar refractivity (Wildman–Crippen MR) is 67.1 cm³/mol. The normalized spacial score (nSPS) is 16.5. The Kier molecular flexibility index (Phi) is 2.41. The van der Waals surface area contributed by atoms with E-state index in [1.807, 2.05) is 12.1 Å². The van der Waals surface area contributed by atoms with E-state index in [9.17, 15) is 9.90 Å². The molecule has 1 aromatic heterocycles. The summed E-state index contributed by atoms with van der Waals surface area (Å²) >= 11 is 5.82. The lowest BCUT2D eigenvalue weighted by molar-refractivity contribution is -0.140. The van der Waals surface area contributed by atoms with Gasteiger partial charge in [0.05, 0.1) is 11.4 Å². The molecule has 1 N–H and O–H groups in total. The minimum atomic E-state index is -0.788. The number of aromatic nitrogens is 2. The van der Waals surface area contributed by atoms with Gasteiger partial charge in [0.1, 0.15) is 5.41 Å². The number of rotatable bonds is 3. The number of hydrogen-bond donors (Lipinski definition) is 1. The van der Waals surface area contributed by atoms with Crippen LogP contribution >= 0.6 is 11.6 Å². The number of halogens is 1. The van der Waals surface area contributed by atoms with Gasteiger partial charge in [-0.1, -0.05) is 11.6 Å².